The Hall–Kier alpha value is -2.57. The Morgan fingerprint density at radius 2 is 2.14 bits per heavy atom. The smallest absolute Gasteiger partial charge is 0.328 e. The third-order valence-corrected chi connectivity index (χ3v) is 3.70. The maximum absolute atomic E-state index is 12.2. The quantitative estimate of drug-likeness (QED) is 0.673. The van der Waals surface area contributed by atoms with Gasteiger partial charge < -0.3 is 5.32 Å². The van der Waals surface area contributed by atoms with Gasteiger partial charge in [0.25, 0.3) is 5.69 Å². The number of aromatic nitrogens is 2. The molecule has 110 valence electrons. The van der Waals surface area contributed by atoms with E-state index < -0.39 is 4.92 Å². The Kier molecular flexibility index (Phi) is 3.25. The van der Waals surface area contributed by atoms with E-state index in [9.17, 15) is 14.9 Å². The zero-order valence-electron chi connectivity index (χ0n) is 11.7. The first kappa shape index (κ1) is 13.4. The van der Waals surface area contributed by atoms with Crippen molar-refractivity contribution in [2.45, 2.75) is 25.4 Å². The van der Waals surface area contributed by atoms with Crippen LogP contribution in [-0.4, -0.2) is 21.1 Å². The van der Waals surface area contributed by atoms with Crippen molar-refractivity contribution in [3.05, 3.63) is 56.8 Å². The molecule has 0 bridgehead atoms. The number of nitrogens with zero attached hydrogens (tertiary/aromatic N) is 3. The monoisotopic (exact) mass is 288 g/mol. The summed E-state index contributed by atoms with van der Waals surface area (Å²) in [5, 5.41) is 13.8. The van der Waals surface area contributed by atoms with Gasteiger partial charge in [0.2, 0.25) is 0 Å². The number of nitrogens with one attached hydrogen (secondary N) is 1. The highest BCUT2D eigenvalue weighted by molar-refractivity contribution is 5.62. The molecule has 1 aliphatic carbocycles. The van der Waals surface area contributed by atoms with Crippen LogP contribution >= 0.6 is 0 Å². The number of anilines is 1. The lowest BCUT2D eigenvalue weighted by atomic mass is 10.1. The molecule has 0 aliphatic heterocycles. The minimum Gasteiger partial charge on any atom is -0.383 e. The predicted molar refractivity (Wildman–Crippen MR) is 78.7 cm³/mol. The lowest BCUT2D eigenvalue weighted by Gasteiger charge is -2.06. The van der Waals surface area contributed by atoms with Gasteiger partial charge in [0.05, 0.1) is 11.5 Å². The lowest BCUT2D eigenvalue weighted by Crippen LogP contribution is -2.23. The van der Waals surface area contributed by atoms with Crippen LogP contribution < -0.4 is 11.0 Å². The topological polar surface area (TPSA) is 82.1 Å². The molecule has 1 fully saturated rings. The summed E-state index contributed by atoms with van der Waals surface area (Å²) in [5.41, 5.74) is 1.16. The average molecular weight is 288 g/mol. The molecule has 1 heterocycles. The number of nitro groups is 1. The first-order chi connectivity index (χ1) is 10.1. The van der Waals surface area contributed by atoms with Crippen molar-refractivity contribution in [1.82, 2.24) is 9.13 Å². The molecule has 0 saturated heterocycles. The van der Waals surface area contributed by atoms with E-state index in [0.717, 1.165) is 18.4 Å². The van der Waals surface area contributed by atoms with Crippen molar-refractivity contribution < 1.29 is 4.92 Å². The summed E-state index contributed by atoms with van der Waals surface area (Å²) in [6.07, 6.45) is 5.62. The van der Waals surface area contributed by atoms with Crippen molar-refractivity contribution >= 4 is 11.4 Å². The number of rotatable bonds is 5. The fourth-order valence-electron chi connectivity index (χ4n) is 2.41. The fourth-order valence-corrected chi connectivity index (χ4v) is 2.41. The van der Waals surface area contributed by atoms with Gasteiger partial charge in [-0.05, 0) is 24.5 Å². The van der Waals surface area contributed by atoms with Crippen LogP contribution in [0.1, 0.15) is 24.4 Å². The van der Waals surface area contributed by atoms with Crippen LogP contribution in [0.25, 0.3) is 0 Å². The Labute approximate surface area is 121 Å². The minimum atomic E-state index is -0.423. The first-order valence-electron chi connectivity index (χ1n) is 6.82. The molecule has 0 amide bonds. The van der Waals surface area contributed by atoms with Crippen molar-refractivity contribution in [2.75, 3.05) is 12.4 Å². The van der Waals surface area contributed by atoms with Gasteiger partial charge in [-0.3, -0.25) is 19.2 Å². The van der Waals surface area contributed by atoms with Crippen LogP contribution in [0.4, 0.5) is 11.4 Å². The average Bonchev–Trinajstić information content (AvgIpc) is 3.25. The number of hydrogen-bond donors (Lipinski definition) is 1. The van der Waals surface area contributed by atoms with Gasteiger partial charge in [-0.2, -0.15) is 0 Å². The van der Waals surface area contributed by atoms with E-state index >= 15 is 0 Å². The normalized spacial score (nSPS) is 14.1. The van der Waals surface area contributed by atoms with E-state index in [-0.39, 0.29) is 11.4 Å². The molecule has 1 saturated carbocycles. The predicted octanol–water partition coefficient (Wildman–Crippen LogP) is 1.98. The van der Waals surface area contributed by atoms with Crippen molar-refractivity contribution in [3.8, 4) is 0 Å². The van der Waals surface area contributed by atoms with Gasteiger partial charge in [0.15, 0.2) is 0 Å². The van der Waals surface area contributed by atoms with Crippen molar-refractivity contribution in [3.63, 3.8) is 0 Å². The standard InChI is InChI=1S/C14H16N4O3/c1-15-12-5-2-10(8-13(12)18(20)21)9-16-6-7-17(14(16)19)11-3-4-11/h2,5-8,11,15H,3-4,9H2,1H3. The Balaban J connectivity index is 1.89. The van der Waals surface area contributed by atoms with E-state index in [1.807, 2.05) is 0 Å². The molecular weight excluding hydrogens is 272 g/mol. The van der Waals surface area contributed by atoms with Gasteiger partial charge in [0, 0.05) is 31.5 Å². The van der Waals surface area contributed by atoms with Gasteiger partial charge in [0.1, 0.15) is 5.69 Å². The molecule has 7 heteroatoms. The third-order valence-electron chi connectivity index (χ3n) is 3.70. The van der Waals surface area contributed by atoms with Crippen LogP contribution in [0.2, 0.25) is 0 Å². The van der Waals surface area contributed by atoms with Crippen LogP contribution in [0.15, 0.2) is 35.4 Å². The highest BCUT2D eigenvalue weighted by Gasteiger charge is 2.25. The number of hydrogen-bond acceptors (Lipinski definition) is 4. The van der Waals surface area contributed by atoms with Crippen LogP contribution in [-0.2, 0) is 6.54 Å². The summed E-state index contributed by atoms with van der Waals surface area (Å²) in [4.78, 5) is 22.8. The zero-order valence-corrected chi connectivity index (χ0v) is 11.7. The van der Waals surface area contributed by atoms with E-state index in [0.29, 0.717) is 18.3 Å². The summed E-state index contributed by atoms with van der Waals surface area (Å²) in [6, 6.07) is 5.29. The molecule has 0 atom stereocenters. The van der Waals surface area contributed by atoms with Crippen LogP contribution in [0.3, 0.4) is 0 Å². The first-order valence-corrected chi connectivity index (χ1v) is 6.82. The maximum atomic E-state index is 12.2. The molecule has 1 aromatic carbocycles. The van der Waals surface area contributed by atoms with Gasteiger partial charge in [-0.1, -0.05) is 6.07 Å². The molecule has 0 radical (unpaired) electrons. The summed E-state index contributed by atoms with van der Waals surface area (Å²) >= 11 is 0. The minimum absolute atomic E-state index is 0.0182. The molecular formula is C14H16N4O3. The molecule has 1 N–H and O–H groups in total. The second-order valence-electron chi connectivity index (χ2n) is 5.21. The number of nitro benzene ring substituents is 1. The molecule has 0 spiro atoms. The largest absolute Gasteiger partial charge is 0.383 e. The zero-order chi connectivity index (χ0) is 15.0. The van der Waals surface area contributed by atoms with E-state index in [1.165, 1.54) is 6.07 Å². The Morgan fingerprint density at radius 3 is 2.76 bits per heavy atom. The molecule has 2 aromatic rings. The number of imidazole rings is 1. The summed E-state index contributed by atoms with van der Waals surface area (Å²) in [7, 11) is 1.64. The maximum Gasteiger partial charge on any atom is 0.328 e. The summed E-state index contributed by atoms with van der Waals surface area (Å²) in [5.74, 6) is 0. The molecule has 1 aromatic heterocycles. The second-order valence-corrected chi connectivity index (χ2v) is 5.21. The van der Waals surface area contributed by atoms with Crippen LogP contribution in [0, 0.1) is 10.1 Å². The summed E-state index contributed by atoms with van der Waals surface area (Å²) in [6.45, 7) is 0.337. The Bertz CT molecular complexity index is 743. The third kappa shape index (κ3) is 2.54. The summed E-state index contributed by atoms with van der Waals surface area (Å²) < 4.78 is 3.31. The Morgan fingerprint density at radius 1 is 1.38 bits per heavy atom. The molecule has 1 aliphatic rings. The highest BCUT2D eigenvalue weighted by atomic mass is 16.6. The van der Waals surface area contributed by atoms with Gasteiger partial charge in [-0.15, -0.1) is 0 Å². The van der Waals surface area contributed by atoms with E-state index in [1.54, 1.807) is 40.7 Å². The SMILES string of the molecule is CNc1ccc(Cn2ccn(C3CC3)c2=O)cc1[N+](=O)[O-]. The highest BCUT2D eigenvalue weighted by Crippen LogP contribution is 2.33. The van der Waals surface area contributed by atoms with Crippen molar-refractivity contribution in [2.24, 2.45) is 0 Å². The van der Waals surface area contributed by atoms with Crippen LogP contribution in [0.5, 0.6) is 0 Å². The fraction of sp³-hybridized carbons (Fsp3) is 0.357. The molecule has 7 nitrogen and oxygen atoms in total. The van der Waals surface area contributed by atoms with E-state index in [4.69, 9.17) is 0 Å². The molecule has 21 heavy (non-hydrogen) atoms. The molecule has 3 rings (SSSR count). The van der Waals surface area contributed by atoms with Gasteiger partial charge in [-0.25, -0.2) is 4.79 Å². The van der Waals surface area contributed by atoms with Crippen molar-refractivity contribution in [1.29, 1.82) is 0 Å². The second kappa shape index (κ2) is 5.08. The lowest BCUT2D eigenvalue weighted by molar-refractivity contribution is -0.384. The van der Waals surface area contributed by atoms with E-state index in [2.05, 4.69) is 5.32 Å². The van der Waals surface area contributed by atoms with Gasteiger partial charge >= 0.3 is 5.69 Å². The molecule has 0 unspecified atom stereocenters. The number of benzene rings is 1.